The second-order valence-electron chi connectivity index (χ2n) is 6.36. The van der Waals surface area contributed by atoms with Crippen molar-refractivity contribution >= 4 is 15.9 Å². The van der Waals surface area contributed by atoms with Crippen molar-refractivity contribution < 1.29 is 0 Å². The predicted molar refractivity (Wildman–Crippen MR) is 70.0 cm³/mol. The molecule has 0 radical (unpaired) electrons. The Kier molecular flexibility index (Phi) is 2.65. The van der Waals surface area contributed by atoms with Crippen LogP contribution in [0.2, 0.25) is 0 Å². The van der Waals surface area contributed by atoms with Crippen LogP contribution in [0.3, 0.4) is 0 Å². The van der Waals surface area contributed by atoms with E-state index in [1.807, 2.05) is 0 Å². The standard InChI is InChI=1S/C14H21Br/c1-13(2)7-8-14(3,4)12-9-10(15)5-6-11(12)13/h5-6,12H,7-9H2,1-4H3. The molecular formula is C14H21Br. The summed E-state index contributed by atoms with van der Waals surface area (Å²) in [6.07, 6.45) is 8.48. The summed E-state index contributed by atoms with van der Waals surface area (Å²) >= 11 is 3.66. The van der Waals surface area contributed by atoms with Crippen molar-refractivity contribution in [3.63, 3.8) is 0 Å². The average Bonchev–Trinajstić information content (AvgIpc) is 2.13. The molecule has 1 fully saturated rings. The lowest BCUT2D eigenvalue weighted by Crippen LogP contribution is -2.39. The molecule has 1 saturated carbocycles. The van der Waals surface area contributed by atoms with Crippen LogP contribution in [0.5, 0.6) is 0 Å². The molecule has 0 aromatic rings. The maximum Gasteiger partial charge on any atom is -0.00432 e. The summed E-state index contributed by atoms with van der Waals surface area (Å²) in [7, 11) is 0. The van der Waals surface area contributed by atoms with Gasteiger partial charge in [0.05, 0.1) is 0 Å². The highest BCUT2D eigenvalue weighted by atomic mass is 79.9. The lowest BCUT2D eigenvalue weighted by atomic mass is 9.56. The molecular weight excluding hydrogens is 248 g/mol. The van der Waals surface area contributed by atoms with Gasteiger partial charge in [0.2, 0.25) is 0 Å². The maximum absolute atomic E-state index is 3.66. The molecule has 0 aromatic carbocycles. The van der Waals surface area contributed by atoms with Crippen molar-refractivity contribution in [1.82, 2.24) is 0 Å². The minimum absolute atomic E-state index is 0.407. The molecule has 0 spiro atoms. The van der Waals surface area contributed by atoms with Crippen LogP contribution in [0.15, 0.2) is 22.2 Å². The van der Waals surface area contributed by atoms with E-state index in [2.05, 4.69) is 55.8 Å². The van der Waals surface area contributed by atoms with Gasteiger partial charge in [-0.05, 0) is 40.5 Å². The third-order valence-electron chi connectivity index (χ3n) is 4.34. The first kappa shape index (κ1) is 11.4. The van der Waals surface area contributed by atoms with Gasteiger partial charge >= 0.3 is 0 Å². The molecule has 0 bridgehead atoms. The topological polar surface area (TPSA) is 0 Å². The molecule has 0 aromatic heterocycles. The molecule has 1 atom stereocenters. The average molecular weight is 269 g/mol. The second-order valence-corrected chi connectivity index (χ2v) is 7.38. The largest absolute Gasteiger partial charge is 0.0614 e. The fourth-order valence-electron chi connectivity index (χ4n) is 3.02. The van der Waals surface area contributed by atoms with Crippen molar-refractivity contribution in [1.29, 1.82) is 0 Å². The molecule has 0 saturated heterocycles. The van der Waals surface area contributed by atoms with E-state index < -0.39 is 0 Å². The van der Waals surface area contributed by atoms with Gasteiger partial charge in [-0.1, -0.05) is 61.4 Å². The van der Waals surface area contributed by atoms with Gasteiger partial charge in [-0.3, -0.25) is 0 Å². The summed E-state index contributed by atoms with van der Waals surface area (Å²) in [4.78, 5) is 0. The van der Waals surface area contributed by atoms with Crippen LogP contribution in [-0.4, -0.2) is 0 Å². The predicted octanol–water partition coefficient (Wildman–Crippen LogP) is 5.06. The van der Waals surface area contributed by atoms with E-state index in [1.165, 1.54) is 23.7 Å². The quantitative estimate of drug-likeness (QED) is 0.576. The number of allylic oxidation sites excluding steroid dienone is 4. The summed E-state index contributed by atoms with van der Waals surface area (Å²) in [6, 6.07) is 0. The van der Waals surface area contributed by atoms with Gasteiger partial charge in [0.15, 0.2) is 0 Å². The van der Waals surface area contributed by atoms with Crippen molar-refractivity contribution in [2.75, 3.05) is 0 Å². The molecule has 0 nitrogen and oxygen atoms in total. The smallest absolute Gasteiger partial charge is 0.00432 e. The highest BCUT2D eigenvalue weighted by Gasteiger charge is 2.44. The molecule has 1 unspecified atom stereocenters. The van der Waals surface area contributed by atoms with Gasteiger partial charge in [-0.15, -0.1) is 0 Å². The monoisotopic (exact) mass is 268 g/mol. The minimum atomic E-state index is 0.407. The Morgan fingerprint density at radius 3 is 2.47 bits per heavy atom. The number of rotatable bonds is 0. The molecule has 2 aliphatic carbocycles. The van der Waals surface area contributed by atoms with E-state index in [-0.39, 0.29) is 0 Å². The maximum atomic E-state index is 3.66. The molecule has 0 heterocycles. The van der Waals surface area contributed by atoms with E-state index in [1.54, 1.807) is 5.57 Å². The molecule has 0 amide bonds. The van der Waals surface area contributed by atoms with Gasteiger partial charge in [0.25, 0.3) is 0 Å². The zero-order valence-corrected chi connectivity index (χ0v) is 11.8. The van der Waals surface area contributed by atoms with E-state index >= 15 is 0 Å². The van der Waals surface area contributed by atoms with E-state index in [0.717, 1.165) is 5.92 Å². The SMILES string of the molecule is CC1(C)CCC(C)(C)C2CC(Br)=CC=C21. The van der Waals surface area contributed by atoms with Crippen molar-refractivity contribution in [3.8, 4) is 0 Å². The first-order valence-corrected chi connectivity index (χ1v) is 6.69. The van der Waals surface area contributed by atoms with Gasteiger partial charge in [-0.25, -0.2) is 0 Å². The van der Waals surface area contributed by atoms with E-state index in [9.17, 15) is 0 Å². The zero-order chi connectivity index (χ0) is 11.3. The summed E-state index contributed by atoms with van der Waals surface area (Å²) in [5.41, 5.74) is 2.54. The van der Waals surface area contributed by atoms with Crippen LogP contribution in [0.1, 0.15) is 47.0 Å². The third-order valence-corrected chi connectivity index (χ3v) is 4.93. The fraction of sp³-hybridized carbons (Fsp3) is 0.714. The van der Waals surface area contributed by atoms with Crippen molar-refractivity contribution in [3.05, 3.63) is 22.2 Å². The first-order chi connectivity index (χ1) is 6.83. The highest BCUT2D eigenvalue weighted by Crippen LogP contribution is 2.55. The number of fused-ring (bicyclic) bond motifs is 1. The first-order valence-electron chi connectivity index (χ1n) is 5.90. The van der Waals surface area contributed by atoms with Crippen LogP contribution in [-0.2, 0) is 0 Å². The minimum Gasteiger partial charge on any atom is -0.0614 e. The van der Waals surface area contributed by atoms with Crippen molar-refractivity contribution in [2.24, 2.45) is 16.7 Å². The molecule has 84 valence electrons. The second kappa shape index (κ2) is 3.48. The Labute approximate surface area is 102 Å². The summed E-state index contributed by atoms with van der Waals surface area (Å²) in [5, 5.41) is 0. The molecule has 0 N–H and O–H groups in total. The van der Waals surface area contributed by atoms with Crippen LogP contribution in [0, 0.1) is 16.7 Å². The van der Waals surface area contributed by atoms with Crippen LogP contribution in [0.25, 0.3) is 0 Å². The molecule has 1 heteroatoms. The molecule has 0 aliphatic heterocycles. The lowest BCUT2D eigenvalue weighted by molar-refractivity contribution is 0.123. The Morgan fingerprint density at radius 1 is 1.13 bits per heavy atom. The Bertz CT molecular complexity index is 331. The van der Waals surface area contributed by atoms with Gasteiger partial charge in [-0.2, -0.15) is 0 Å². The lowest BCUT2D eigenvalue weighted by Gasteiger charge is -2.49. The summed E-state index contributed by atoms with van der Waals surface area (Å²) in [6.45, 7) is 9.64. The summed E-state index contributed by atoms with van der Waals surface area (Å²) in [5.74, 6) is 0.737. The molecule has 15 heavy (non-hydrogen) atoms. The number of hydrogen-bond donors (Lipinski definition) is 0. The Hall–Kier alpha value is -0.0400. The van der Waals surface area contributed by atoms with Gasteiger partial charge < -0.3 is 0 Å². The normalized spacial score (nSPS) is 32.7. The Balaban J connectivity index is 2.41. The highest BCUT2D eigenvalue weighted by molar-refractivity contribution is 9.11. The zero-order valence-electron chi connectivity index (χ0n) is 10.2. The van der Waals surface area contributed by atoms with Gasteiger partial charge in [0, 0.05) is 0 Å². The van der Waals surface area contributed by atoms with Crippen LogP contribution in [0.4, 0.5) is 0 Å². The molecule has 2 aliphatic rings. The van der Waals surface area contributed by atoms with E-state index in [4.69, 9.17) is 0 Å². The Morgan fingerprint density at radius 2 is 1.80 bits per heavy atom. The third kappa shape index (κ3) is 1.95. The van der Waals surface area contributed by atoms with E-state index in [0.29, 0.717) is 10.8 Å². The van der Waals surface area contributed by atoms with Gasteiger partial charge in [0.1, 0.15) is 0 Å². The van der Waals surface area contributed by atoms with Crippen LogP contribution < -0.4 is 0 Å². The van der Waals surface area contributed by atoms with Crippen molar-refractivity contribution in [2.45, 2.75) is 47.0 Å². The number of halogens is 1. The summed E-state index contributed by atoms with van der Waals surface area (Å²) < 4.78 is 1.36. The fourth-order valence-corrected chi connectivity index (χ4v) is 3.47. The number of hydrogen-bond acceptors (Lipinski definition) is 0. The molecule has 2 rings (SSSR count). The van der Waals surface area contributed by atoms with Crippen LogP contribution >= 0.6 is 15.9 Å².